The van der Waals surface area contributed by atoms with Gasteiger partial charge >= 0.3 is 11.9 Å². The van der Waals surface area contributed by atoms with Gasteiger partial charge in [-0.15, -0.1) is 0 Å². The third kappa shape index (κ3) is 4.67. The molecule has 3 aromatic rings. The Labute approximate surface area is 210 Å². The Kier molecular flexibility index (Phi) is 7.07. The minimum atomic E-state index is -0.789. The predicted molar refractivity (Wildman–Crippen MR) is 133 cm³/mol. The van der Waals surface area contributed by atoms with Crippen LogP contribution in [-0.2, 0) is 14.3 Å². The summed E-state index contributed by atoms with van der Waals surface area (Å²) in [6, 6.07) is 11.3. The predicted octanol–water partition coefficient (Wildman–Crippen LogP) is 2.35. The maximum atomic E-state index is 13.7. The van der Waals surface area contributed by atoms with E-state index < -0.39 is 18.0 Å². The summed E-state index contributed by atoms with van der Waals surface area (Å²) in [5.41, 5.74) is 1.68. The molecule has 10 heteroatoms. The van der Waals surface area contributed by atoms with E-state index in [9.17, 15) is 14.4 Å². The van der Waals surface area contributed by atoms with Crippen LogP contribution in [0.2, 0.25) is 0 Å². The van der Waals surface area contributed by atoms with Crippen LogP contribution in [0.25, 0.3) is 6.08 Å². The second kappa shape index (κ2) is 10.2. The van der Waals surface area contributed by atoms with Crippen LogP contribution in [0.5, 0.6) is 17.2 Å². The van der Waals surface area contributed by atoms with Gasteiger partial charge in [-0.2, -0.15) is 0 Å². The van der Waals surface area contributed by atoms with E-state index in [-0.39, 0.29) is 11.1 Å². The maximum Gasteiger partial charge on any atom is 0.338 e. The number of hydrogen-bond donors (Lipinski definition) is 0. The number of esters is 2. The summed E-state index contributed by atoms with van der Waals surface area (Å²) in [5, 5.41) is 0. The summed E-state index contributed by atoms with van der Waals surface area (Å²) in [7, 11) is 4.33. The number of ether oxygens (including phenoxy) is 4. The number of nitrogens with zero attached hydrogens (tertiary/aromatic N) is 2. The quantitative estimate of drug-likeness (QED) is 0.372. The van der Waals surface area contributed by atoms with Crippen molar-refractivity contribution in [2.45, 2.75) is 19.9 Å². The van der Waals surface area contributed by atoms with Gasteiger partial charge in [-0.3, -0.25) is 14.2 Å². The normalized spacial score (nSPS) is 15.1. The number of thiazole rings is 1. The van der Waals surface area contributed by atoms with Crippen LogP contribution in [0.3, 0.4) is 0 Å². The van der Waals surface area contributed by atoms with E-state index in [0.29, 0.717) is 43.4 Å². The molecule has 0 spiro atoms. The molecule has 0 saturated heterocycles. The molecule has 9 nitrogen and oxygen atoms in total. The van der Waals surface area contributed by atoms with Gasteiger partial charge in [-0.1, -0.05) is 29.5 Å². The molecule has 36 heavy (non-hydrogen) atoms. The summed E-state index contributed by atoms with van der Waals surface area (Å²) < 4.78 is 22.9. The fourth-order valence-electron chi connectivity index (χ4n) is 4.02. The lowest BCUT2D eigenvalue weighted by Gasteiger charge is -2.25. The highest BCUT2D eigenvalue weighted by Gasteiger charge is 2.33. The van der Waals surface area contributed by atoms with Gasteiger partial charge in [0.15, 0.2) is 16.3 Å². The number of allylic oxidation sites excluding steroid dienone is 1. The number of carbonyl (C=O) groups is 2. The Balaban J connectivity index is 1.93. The molecule has 0 amide bonds. The molecule has 1 atom stereocenters. The minimum Gasteiger partial charge on any atom is -0.493 e. The van der Waals surface area contributed by atoms with Gasteiger partial charge < -0.3 is 18.9 Å². The van der Waals surface area contributed by atoms with Gasteiger partial charge in [0.25, 0.3) is 5.56 Å². The Bertz CT molecular complexity index is 1570. The SMILES string of the molecule is COC(=O)C1=C(C)N=c2s/c(=C\c3cccc(OC(C)=O)c3)c(=O)n2[C@@H]1c1ccc(OC)c(OC)c1. The van der Waals surface area contributed by atoms with Gasteiger partial charge in [-0.05, 0) is 48.4 Å². The highest BCUT2D eigenvalue weighted by atomic mass is 32.1. The van der Waals surface area contributed by atoms with Gasteiger partial charge in [0.05, 0.1) is 43.2 Å². The van der Waals surface area contributed by atoms with Crippen molar-refractivity contribution < 1.29 is 28.5 Å². The van der Waals surface area contributed by atoms with Crippen molar-refractivity contribution in [3.63, 3.8) is 0 Å². The molecule has 0 saturated carbocycles. The zero-order chi connectivity index (χ0) is 26.0. The largest absolute Gasteiger partial charge is 0.493 e. The fraction of sp³-hybridized carbons (Fsp3) is 0.231. The lowest BCUT2D eigenvalue weighted by molar-refractivity contribution is -0.136. The van der Waals surface area contributed by atoms with Crippen LogP contribution in [0.1, 0.15) is 31.0 Å². The number of fused-ring (bicyclic) bond motifs is 1. The average molecular weight is 509 g/mol. The Hall–Kier alpha value is -4.18. The first-order chi connectivity index (χ1) is 17.3. The Morgan fingerprint density at radius 2 is 1.81 bits per heavy atom. The van der Waals surface area contributed by atoms with Gasteiger partial charge in [0.1, 0.15) is 5.75 Å². The molecular weight excluding hydrogens is 484 g/mol. The highest BCUT2D eigenvalue weighted by molar-refractivity contribution is 7.07. The van der Waals surface area contributed by atoms with Crippen molar-refractivity contribution >= 4 is 29.4 Å². The lowest BCUT2D eigenvalue weighted by Crippen LogP contribution is -2.39. The first-order valence-electron chi connectivity index (χ1n) is 10.9. The molecule has 0 unspecified atom stereocenters. The molecule has 0 N–H and O–H groups in total. The van der Waals surface area contributed by atoms with E-state index in [4.69, 9.17) is 18.9 Å². The molecule has 186 valence electrons. The molecule has 0 radical (unpaired) electrons. The van der Waals surface area contributed by atoms with E-state index in [1.807, 2.05) is 0 Å². The van der Waals surface area contributed by atoms with Crippen LogP contribution in [-0.4, -0.2) is 37.8 Å². The lowest BCUT2D eigenvalue weighted by atomic mass is 9.95. The standard InChI is InChI=1S/C26H24N2O7S/c1-14-22(25(31)34-5)23(17-9-10-19(32-3)20(13-17)33-4)28-24(30)21(36-26(28)27-14)12-16-7-6-8-18(11-16)35-15(2)29/h6-13,23H,1-5H3/b21-12-/t23-/m1/s1. The van der Waals surface area contributed by atoms with Crippen molar-refractivity contribution in [2.24, 2.45) is 4.99 Å². The summed E-state index contributed by atoms with van der Waals surface area (Å²) in [6.07, 6.45) is 1.69. The second-order valence-corrected chi connectivity index (χ2v) is 8.86. The van der Waals surface area contributed by atoms with Crippen LogP contribution in [0.4, 0.5) is 0 Å². The molecule has 1 aliphatic heterocycles. The summed E-state index contributed by atoms with van der Waals surface area (Å²) >= 11 is 1.20. The molecule has 2 aromatic carbocycles. The van der Waals surface area contributed by atoms with Crippen LogP contribution in [0.15, 0.2) is 63.5 Å². The number of rotatable bonds is 6. The zero-order valence-electron chi connectivity index (χ0n) is 20.4. The number of carbonyl (C=O) groups excluding carboxylic acids is 2. The van der Waals surface area contributed by atoms with E-state index in [2.05, 4.69) is 4.99 Å². The molecule has 1 aliphatic rings. The van der Waals surface area contributed by atoms with Crippen molar-refractivity contribution in [1.82, 2.24) is 4.57 Å². The molecule has 0 aliphatic carbocycles. The van der Waals surface area contributed by atoms with Crippen LogP contribution < -0.4 is 29.1 Å². The number of benzene rings is 2. The molecule has 1 aromatic heterocycles. The van der Waals surface area contributed by atoms with E-state index >= 15 is 0 Å². The zero-order valence-corrected chi connectivity index (χ0v) is 21.2. The summed E-state index contributed by atoms with van der Waals surface area (Å²) in [4.78, 5) is 42.8. The third-order valence-electron chi connectivity index (χ3n) is 5.57. The molecular formula is C26H24N2O7S. The first kappa shape index (κ1) is 24.9. The van der Waals surface area contributed by atoms with Crippen molar-refractivity contribution in [2.75, 3.05) is 21.3 Å². The third-order valence-corrected chi connectivity index (χ3v) is 6.55. The molecule has 0 bridgehead atoms. The maximum absolute atomic E-state index is 13.7. The van der Waals surface area contributed by atoms with E-state index in [1.165, 1.54) is 44.2 Å². The van der Waals surface area contributed by atoms with Crippen molar-refractivity contribution in [3.8, 4) is 17.2 Å². The van der Waals surface area contributed by atoms with Crippen LogP contribution in [0, 0.1) is 0 Å². The summed E-state index contributed by atoms with van der Waals surface area (Å²) in [5.74, 6) is 0.322. The first-order valence-corrected chi connectivity index (χ1v) is 11.7. The molecule has 0 fully saturated rings. The fourth-order valence-corrected chi connectivity index (χ4v) is 5.06. The second-order valence-electron chi connectivity index (χ2n) is 7.85. The highest BCUT2D eigenvalue weighted by Crippen LogP contribution is 2.35. The van der Waals surface area contributed by atoms with Crippen molar-refractivity contribution in [3.05, 3.63) is 84.5 Å². The van der Waals surface area contributed by atoms with Gasteiger partial charge in [-0.25, -0.2) is 9.79 Å². The molecule has 2 heterocycles. The number of aromatic nitrogens is 1. The minimum absolute atomic E-state index is 0.250. The monoisotopic (exact) mass is 508 g/mol. The Morgan fingerprint density at radius 1 is 1.06 bits per heavy atom. The Morgan fingerprint density at radius 3 is 2.47 bits per heavy atom. The topological polar surface area (TPSA) is 105 Å². The molecule has 4 rings (SSSR count). The van der Waals surface area contributed by atoms with E-state index in [0.717, 1.165) is 0 Å². The van der Waals surface area contributed by atoms with Gasteiger partial charge in [0, 0.05) is 6.92 Å². The smallest absolute Gasteiger partial charge is 0.338 e. The van der Waals surface area contributed by atoms with Gasteiger partial charge in [0.2, 0.25) is 0 Å². The number of methoxy groups -OCH3 is 3. The summed E-state index contributed by atoms with van der Waals surface area (Å²) in [6.45, 7) is 3.03. The van der Waals surface area contributed by atoms with Crippen molar-refractivity contribution in [1.29, 1.82) is 0 Å². The van der Waals surface area contributed by atoms with Crippen LogP contribution >= 0.6 is 11.3 Å². The average Bonchev–Trinajstić information content (AvgIpc) is 3.16. The number of hydrogen-bond acceptors (Lipinski definition) is 9. The van der Waals surface area contributed by atoms with E-state index in [1.54, 1.807) is 55.5 Å².